The van der Waals surface area contributed by atoms with Gasteiger partial charge in [0.15, 0.2) is 11.0 Å². The molecule has 1 aromatic heterocycles. The third kappa shape index (κ3) is 5.72. The molecule has 0 saturated heterocycles. The van der Waals surface area contributed by atoms with Gasteiger partial charge < -0.3 is 24.7 Å². The molecule has 0 amide bonds. The highest BCUT2D eigenvalue weighted by Crippen LogP contribution is 2.44. The maximum atomic E-state index is 13.8. The lowest BCUT2D eigenvalue weighted by atomic mass is 9.87. The van der Waals surface area contributed by atoms with Crippen LogP contribution in [-0.4, -0.2) is 53.5 Å². The molecule has 6 rings (SSSR count). The molecule has 8 nitrogen and oxygen atoms in total. The summed E-state index contributed by atoms with van der Waals surface area (Å²) in [6.07, 6.45) is 3.62. The van der Waals surface area contributed by atoms with Crippen molar-refractivity contribution in [3.63, 3.8) is 0 Å². The number of fused-ring (bicyclic) bond motifs is 2. The zero-order valence-corrected chi connectivity index (χ0v) is 27.4. The Morgan fingerprint density at radius 2 is 1.73 bits per heavy atom. The lowest BCUT2D eigenvalue weighted by Crippen LogP contribution is -2.38. The summed E-state index contributed by atoms with van der Waals surface area (Å²) in [5.74, 6) is 1.46. The van der Waals surface area contributed by atoms with E-state index in [1.165, 1.54) is 0 Å². The first kappa shape index (κ1) is 30.8. The van der Waals surface area contributed by atoms with E-state index in [0.29, 0.717) is 38.4 Å². The number of hydrogen-bond acceptors (Lipinski definition) is 6. The molecule has 0 spiro atoms. The second-order valence-corrected chi connectivity index (χ2v) is 12.1. The van der Waals surface area contributed by atoms with Crippen LogP contribution in [0.3, 0.4) is 0 Å². The number of nitrogens with zero attached hydrogens (tertiary/aromatic N) is 4. The predicted molar refractivity (Wildman–Crippen MR) is 181 cm³/mol. The summed E-state index contributed by atoms with van der Waals surface area (Å²) in [5, 5.41) is 20.6. The highest BCUT2D eigenvalue weighted by molar-refractivity contribution is 9.10. The van der Waals surface area contributed by atoms with Crippen LogP contribution in [0.4, 0.5) is 11.4 Å². The van der Waals surface area contributed by atoms with Gasteiger partial charge in [0.05, 0.1) is 48.9 Å². The number of hydrogen-bond donors (Lipinski definition) is 2. The molecule has 2 heterocycles. The summed E-state index contributed by atoms with van der Waals surface area (Å²) in [6, 6.07) is 22.8. The van der Waals surface area contributed by atoms with Crippen LogP contribution in [0.15, 0.2) is 100 Å². The van der Waals surface area contributed by atoms with Crippen molar-refractivity contribution in [2.75, 3.05) is 42.7 Å². The minimum Gasteiger partial charge on any atom is -0.506 e. The van der Waals surface area contributed by atoms with Gasteiger partial charge in [-0.15, -0.1) is 0 Å². The molecule has 1 aliphatic heterocycles. The summed E-state index contributed by atoms with van der Waals surface area (Å²) >= 11 is 3.59. The number of carbonyl (C=O) groups is 1. The number of aliphatic hydroxyl groups excluding tert-OH is 2. The van der Waals surface area contributed by atoms with Gasteiger partial charge in [0.25, 0.3) is 5.82 Å². The first-order valence-electron chi connectivity index (χ1n) is 15.4. The zero-order chi connectivity index (χ0) is 31.7. The number of anilines is 2. The SMILES string of the molecule is CCN1/C(=C/C2=C(O)C(=C\c3n(CC)c4cc(C)ccc4[n+]3Cc3ccccc3)/C2=O)N(CCOCCO)c2ccc(Br)cc21. The molecule has 0 bridgehead atoms. The monoisotopic (exact) mass is 669 g/mol. The fourth-order valence-electron chi connectivity index (χ4n) is 6.24. The van der Waals surface area contributed by atoms with Crippen molar-refractivity contribution in [3.8, 4) is 0 Å². The Kier molecular flexibility index (Phi) is 8.94. The third-order valence-corrected chi connectivity index (χ3v) is 8.89. The van der Waals surface area contributed by atoms with Gasteiger partial charge in [-0.25, -0.2) is 9.13 Å². The van der Waals surface area contributed by atoms with Gasteiger partial charge in [0.1, 0.15) is 18.1 Å². The van der Waals surface area contributed by atoms with E-state index in [2.05, 4.69) is 92.0 Å². The van der Waals surface area contributed by atoms with E-state index in [-0.39, 0.29) is 30.3 Å². The summed E-state index contributed by atoms with van der Waals surface area (Å²) in [6.45, 7) is 9.39. The van der Waals surface area contributed by atoms with Gasteiger partial charge in [-0.1, -0.05) is 52.3 Å². The molecular formula is C36H38BrN4O4+. The molecular weight excluding hydrogens is 632 g/mol. The van der Waals surface area contributed by atoms with Crippen LogP contribution in [0.2, 0.25) is 0 Å². The Morgan fingerprint density at radius 3 is 2.44 bits per heavy atom. The topological polar surface area (TPSA) is 82.1 Å². The maximum Gasteiger partial charge on any atom is 0.283 e. The molecule has 2 aliphatic rings. The van der Waals surface area contributed by atoms with Crippen LogP contribution in [-0.2, 0) is 22.6 Å². The van der Waals surface area contributed by atoms with Crippen LogP contribution in [0, 0.1) is 6.92 Å². The highest BCUT2D eigenvalue weighted by Gasteiger charge is 2.38. The van der Waals surface area contributed by atoms with Crippen LogP contribution in [0.1, 0.15) is 30.8 Å². The highest BCUT2D eigenvalue weighted by atomic mass is 79.9. The van der Waals surface area contributed by atoms with E-state index in [1.54, 1.807) is 6.08 Å². The van der Waals surface area contributed by atoms with Crippen LogP contribution >= 0.6 is 15.9 Å². The number of ether oxygens (including phenoxy) is 1. The summed E-state index contributed by atoms with van der Waals surface area (Å²) in [7, 11) is 0. The Bertz CT molecular complexity index is 1860. The van der Waals surface area contributed by atoms with Crippen LogP contribution in [0.5, 0.6) is 0 Å². The number of aliphatic hydroxyl groups is 2. The Balaban J connectivity index is 1.42. The molecule has 232 valence electrons. The largest absolute Gasteiger partial charge is 0.506 e. The van der Waals surface area contributed by atoms with Gasteiger partial charge in [0.2, 0.25) is 5.78 Å². The first-order valence-corrected chi connectivity index (χ1v) is 16.2. The molecule has 45 heavy (non-hydrogen) atoms. The summed E-state index contributed by atoms with van der Waals surface area (Å²) < 4.78 is 11.0. The standard InChI is InChI=1S/C36H37BrN4O4/c1-4-38-31-19-24(3)11-13-30(31)41(23-25-9-7-6-8-10-25)34(38)22-28-35(43)27(36(28)44)21-33-39(5-2)32-20-26(37)12-14-29(32)40(33)15-17-45-18-16-42/h6-14,19-22,42H,4-5,15-18,23H2,1-3H3/p+1. The van der Waals surface area contributed by atoms with Crippen molar-refractivity contribution in [2.45, 2.75) is 33.9 Å². The molecule has 4 aromatic rings. The van der Waals surface area contributed by atoms with Crippen molar-refractivity contribution < 1.29 is 24.3 Å². The number of imidazole rings is 1. The minimum absolute atomic E-state index is 0.00692. The average Bonchev–Trinajstić information content (AvgIpc) is 3.50. The Labute approximate surface area is 271 Å². The van der Waals surface area contributed by atoms with Crippen LogP contribution in [0.25, 0.3) is 17.1 Å². The van der Waals surface area contributed by atoms with Crippen molar-refractivity contribution in [2.24, 2.45) is 0 Å². The number of benzene rings is 3. The smallest absolute Gasteiger partial charge is 0.283 e. The number of halogens is 1. The van der Waals surface area contributed by atoms with E-state index >= 15 is 0 Å². The van der Waals surface area contributed by atoms with E-state index in [4.69, 9.17) is 9.84 Å². The van der Waals surface area contributed by atoms with Gasteiger partial charge in [-0.05, 0) is 68.3 Å². The molecule has 0 radical (unpaired) electrons. The van der Waals surface area contributed by atoms with Gasteiger partial charge in [-0.2, -0.15) is 0 Å². The predicted octanol–water partition coefficient (Wildman–Crippen LogP) is 6.04. The lowest BCUT2D eigenvalue weighted by Gasteiger charge is -2.27. The number of ketones is 1. The Morgan fingerprint density at radius 1 is 0.933 bits per heavy atom. The van der Waals surface area contributed by atoms with Crippen molar-refractivity contribution in [1.29, 1.82) is 0 Å². The quantitative estimate of drug-likeness (QED) is 0.115. The van der Waals surface area contributed by atoms with Gasteiger partial charge in [-0.3, -0.25) is 4.79 Å². The molecule has 0 fully saturated rings. The van der Waals surface area contributed by atoms with Crippen molar-refractivity contribution in [3.05, 3.63) is 117 Å². The molecule has 0 atom stereocenters. The lowest BCUT2D eigenvalue weighted by molar-refractivity contribution is -0.665. The first-order chi connectivity index (χ1) is 21.9. The van der Waals surface area contributed by atoms with E-state index in [9.17, 15) is 9.90 Å². The van der Waals surface area contributed by atoms with E-state index in [0.717, 1.165) is 49.7 Å². The van der Waals surface area contributed by atoms with Gasteiger partial charge in [0, 0.05) is 23.6 Å². The van der Waals surface area contributed by atoms with Crippen molar-refractivity contribution in [1.82, 2.24) is 4.57 Å². The number of allylic oxidation sites excluding steroid dienone is 3. The molecule has 0 saturated carbocycles. The number of rotatable bonds is 11. The van der Waals surface area contributed by atoms with Crippen LogP contribution < -0.4 is 14.4 Å². The second-order valence-electron chi connectivity index (χ2n) is 11.2. The minimum atomic E-state index is -0.194. The third-order valence-electron chi connectivity index (χ3n) is 8.39. The fraction of sp³-hybridized carbons (Fsp3) is 0.278. The molecule has 2 N–H and O–H groups in total. The van der Waals surface area contributed by atoms with Gasteiger partial charge >= 0.3 is 0 Å². The maximum absolute atomic E-state index is 13.8. The molecule has 0 unspecified atom stereocenters. The molecule has 3 aromatic carbocycles. The second kappa shape index (κ2) is 13.0. The fourth-order valence-corrected chi connectivity index (χ4v) is 6.59. The molecule has 9 heteroatoms. The van der Waals surface area contributed by atoms with Crippen molar-refractivity contribution >= 4 is 50.2 Å². The van der Waals surface area contributed by atoms with E-state index in [1.807, 2.05) is 36.4 Å². The number of carbonyl (C=O) groups excluding carboxylic acids is 1. The normalized spacial score (nSPS) is 16.4. The number of aryl methyl sites for hydroxylation is 2. The Hall–Kier alpha value is -4.18. The van der Waals surface area contributed by atoms with E-state index < -0.39 is 0 Å². The average molecular weight is 671 g/mol. The zero-order valence-electron chi connectivity index (χ0n) is 25.8. The molecule has 1 aliphatic carbocycles. The number of Topliss-reactive ketones (excluding diaryl/α,β-unsaturated/α-hetero) is 1. The summed E-state index contributed by atoms with van der Waals surface area (Å²) in [5.41, 5.74) is 7.06. The summed E-state index contributed by atoms with van der Waals surface area (Å²) in [4.78, 5) is 18.0. The number of aromatic nitrogens is 2.